The number of hydrogen-bond acceptors (Lipinski definition) is 5. The minimum atomic E-state index is -3.90. The molecule has 3 rings (SSSR count). The van der Waals surface area contributed by atoms with Crippen molar-refractivity contribution in [2.24, 2.45) is 0 Å². The van der Waals surface area contributed by atoms with E-state index < -0.39 is 13.2 Å². The van der Waals surface area contributed by atoms with Gasteiger partial charge in [-0.1, -0.05) is 36.8 Å². The summed E-state index contributed by atoms with van der Waals surface area (Å²) in [5.41, 5.74) is 0.380. The Kier molecular flexibility index (Phi) is 6.65. The van der Waals surface area contributed by atoms with Crippen LogP contribution in [0.15, 0.2) is 30.3 Å². The number of benzene rings is 1. The number of carbonyl (C=O) groups is 1. The summed E-state index contributed by atoms with van der Waals surface area (Å²) in [4.78, 5) is 14.5. The zero-order chi connectivity index (χ0) is 17.5. The number of hydrogen-bond donors (Lipinski definition) is 0. The third kappa shape index (κ3) is 5.14. The van der Waals surface area contributed by atoms with E-state index in [9.17, 15) is 9.36 Å². The van der Waals surface area contributed by atoms with Gasteiger partial charge in [-0.3, -0.25) is 9.32 Å². The van der Waals surface area contributed by atoms with Crippen LogP contribution in [0.25, 0.3) is 0 Å². The van der Waals surface area contributed by atoms with Gasteiger partial charge >= 0.3 is 13.2 Å². The highest BCUT2D eigenvalue weighted by molar-refractivity contribution is 7.71. The van der Waals surface area contributed by atoms with Crippen molar-refractivity contribution in [3.63, 3.8) is 0 Å². The Morgan fingerprint density at radius 3 is 2.16 bits per heavy atom. The first-order chi connectivity index (χ1) is 12.2. The standard InChI is InChI=1S/C18H27N2O4P/c21-18(19-12-6-2-7-13-19)25(22,24-20-14-8-3-9-15-20)23-16-17-10-4-1-5-11-17/h1,4-5,10-11H,2-3,6-9,12-16H2. The van der Waals surface area contributed by atoms with E-state index in [4.69, 9.17) is 9.15 Å². The summed E-state index contributed by atoms with van der Waals surface area (Å²) in [5, 5.41) is 1.65. The molecule has 25 heavy (non-hydrogen) atoms. The van der Waals surface area contributed by atoms with Crippen molar-refractivity contribution in [2.45, 2.75) is 45.1 Å². The van der Waals surface area contributed by atoms with Gasteiger partial charge in [0, 0.05) is 26.2 Å². The van der Waals surface area contributed by atoms with Gasteiger partial charge in [0.05, 0.1) is 6.61 Å². The molecule has 138 valence electrons. The molecule has 2 fully saturated rings. The van der Waals surface area contributed by atoms with Gasteiger partial charge in [0.25, 0.3) is 0 Å². The monoisotopic (exact) mass is 366 g/mol. The Bertz CT molecular complexity index is 598. The van der Waals surface area contributed by atoms with Crippen molar-refractivity contribution in [3.8, 4) is 0 Å². The number of piperidine rings is 2. The molecule has 2 aliphatic rings. The predicted molar refractivity (Wildman–Crippen MR) is 96.2 cm³/mol. The smallest absolute Gasteiger partial charge is 0.332 e. The Balaban J connectivity index is 1.71. The summed E-state index contributed by atoms with van der Waals surface area (Å²) in [6.45, 7) is 2.73. The average Bonchev–Trinajstić information content (AvgIpc) is 2.68. The van der Waals surface area contributed by atoms with Crippen LogP contribution in [0.5, 0.6) is 0 Å². The van der Waals surface area contributed by atoms with Crippen LogP contribution in [0.3, 0.4) is 0 Å². The predicted octanol–water partition coefficient (Wildman–Crippen LogP) is 4.42. The molecule has 0 aromatic heterocycles. The Morgan fingerprint density at radius 1 is 0.920 bits per heavy atom. The zero-order valence-corrected chi connectivity index (χ0v) is 15.5. The summed E-state index contributed by atoms with van der Waals surface area (Å²) >= 11 is 0. The molecule has 0 bridgehead atoms. The lowest BCUT2D eigenvalue weighted by molar-refractivity contribution is -0.0830. The van der Waals surface area contributed by atoms with Crippen LogP contribution in [-0.2, 0) is 20.3 Å². The molecule has 1 amide bonds. The Hall–Kier alpha value is -1.20. The lowest BCUT2D eigenvalue weighted by atomic mass is 10.1. The summed E-state index contributed by atoms with van der Waals surface area (Å²) < 4.78 is 24.7. The Labute approximate surface area is 149 Å². The number of likely N-dealkylation sites (tertiary alicyclic amines) is 1. The molecule has 0 spiro atoms. The molecule has 1 aromatic rings. The van der Waals surface area contributed by atoms with Gasteiger partial charge in [0.2, 0.25) is 0 Å². The molecule has 0 saturated carbocycles. The number of rotatable bonds is 6. The third-order valence-corrected chi connectivity index (χ3v) is 6.31. The number of carbonyl (C=O) groups excluding carboxylic acids is 1. The SMILES string of the molecule is O=C(N1CCCCC1)P(=O)(OCc1ccccc1)ON1CCCCC1. The largest absolute Gasteiger partial charge is 0.435 e. The number of nitrogens with zero attached hydrogens (tertiary/aromatic N) is 2. The van der Waals surface area contributed by atoms with Crippen LogP contribution in [0, 0.1) is 0 Å². The zero-order valence-electron chi connectivity index (χ0n) is 14.6. The molecule has 7 heteroatoms. The molecular weight excluding hydrogens is 339 g/mol. The van der Waals surface area contributed by atoms with E-state index in [0.717, 1.165) is 44.1 Å². The number of amides is 1. The van der Waals surface area contributed by atoms with Gasteiger partial charge in [-0.2, -0.15) is 5.06 Å². The van der Waals surface area contributed by atoms with Crippen LogP contribution < -0.4 is 0 Å². The lowest BCUT2D eigenvalue weighted by Crippen LogP contribution is -2.37. The van der Waals surface area contributed by atoms with E-state index >= 15 is 0 Å². The molecule has 2 heterocycles. The molecule has 2 saturated heterocycles. The normalized spacial score (nSPS) is 21.7. The third-order valence-electron chi connectivity index (χ3n) is 4.64. The van der Waals surface area contributed by atoms with Crippen molar-refractivity contribution in [1.29, 1.82) is 0 Å². The van der Waals surface area contributed by atoms with Gasteiger partial charge in [-0.25, -0.2) is 9.19 Å². The second-order valence-electron chi connectivity index (χ2n) is 6.66. The van der Waals surface area contributed by atoms with Gasteiger partial charge in [-0.15, -0.1) is 0 Å². The molecule has 0 aliphatic carbocycles. The van der Waals surface area contributed by atoms with Crippen molar-refractivity contribution < 1.29 is 18.5 Å². The summed E-state index contributed by atoms with van der Waals surface area (Å²) in [6, 6.07) is 9.46. The van der Waals surface area contributed by atoms with Gasteiger partial charge in [0.15, 0.2) is 0 Å². The van der Waals surface area contributed by atoms with Crippen molar-refractivity contribution >= 4 is 13.2 Å². The fraction of sp³-hybridized carbons (Fsp3) is 0.611. The molecule has 1 atom stereocenters. The molecular formula is C18H27N2O4P. The van der Waals surface area contributed by atoms with E-state index in [-0.39, 0.29) is 6.61 Å². The fourth-order valence-electron chi connectivity index (χ4n) is 3.20. The van der Waals surface area contributed by atoms with Crippen molar-refractivity contribution in [3.05, 3.63) is 35.9 Å². The van der Waals surface area contributed by atoms with Crippen LogP contribution in [0.1, 0.15) is 44.1 Å². The van der Waals surface area contributed by atoms with Gasteiger partial charge in [-0.05, 0) is 37.7 Å². The lowest BCUT2D eigenvalue weighted by Gasteiger charge is -2.33. The highest BCUT2D eigenvalue weighted by atomic mass is 31.2. The Morgan fingerprint density at radius 2 is 1.52 bits per heavy atom. The second kappa shape index (κ2) is 8.95. The number of hydroxylamine groups is 2. The molecule has 1 aromatic carbocycles. The minimum absolute atomic E-state index is 0.103. The first kappa shape index (κ1) is 18.6. The van der Waals surface area contributed by atoms with Crippen molar-refractivity contribution in [2.75, 3.05) is 26.2 Å². The van der Waals surface area contributed by atoms with Gasteiger partial charge < -0.3 is 4.90 Å². The maximum Gasteiger partial charge on any atom is 0.435 e. The maximum absolute atomic E-state index is 13.4. The topological polar surface area (TPSA) is 59.1 Å². The first-order valence-corrected chi connectivity index (χ1v) is 10.7. The summed E-state index contributed by atoms with van der Waals surface area (Å²) in [7, 11) is -3.90. The summed E-state index contributed by atoms with van der Waals surface area (Å²) in [5.74, 6) is 0. The molecule has 1 unspecified atom stereocenters. The second-order valence-corrected chi connectivity index (χ2v) is 8.46. The highest BCUT2D eigenvalue weighted by Crippen LogP contribution is 2.52. The highest BCUT2D eigenvalue weighted by Gasteiger charge is 2.42. The van der Waals surface area contributed by atoms with E-state index in [2.05, 4.69) is 0 Å². The van der Waals surface area contributed by atoms with Crippen LogP contribution in [0.2, 0.25) is 0 Å². The first-order valence-electron chi connectivity index (χ1n) is 9.20. The molecule has 2 aliphatic heterocycles. The quantitative estimate of drug-likeness (QED) is 0.698. The van der Waals surface area contributed by atoms with E-state index in [0.29, 0.717) is 26.2 Å². The average molecular weight is 366 g/mol. The van der Waals surface area contributed by atoms with Gasteiger partial charge in [0.1, 0.15) is 0 Å². The van der Waals surface area contributed by atoms with E-state index in [1.54, 1.807) is 9.96 Å². The fourth-order valence-corrected chi connectivity index (χ4v) is 4.76. The molecule has 0 N–H and O–H groups in total. The maximum atomic E-state index is 13.4. The molecule has 0 radical (unpaired) electrons. The van der Waals surface area contributed by atoms with E-state index in [1.165, 1.54) is 0 Å². The van der Waals surface area contributed by atoms with Crippen LogP contribution in [-0.4, -0.2) is 41.8 Å². The van der Waals surface area contributed by atoms with Crippen LogP contribution >= 0.6 is 7.60 Å². The molecule has 6 nitrogen and oxygen atoms in total. The summed E-state index contributed by atoms with van der Waals surface area (Å²) in [6.07, 6.45) is 6.08. The minimum Gasteiger partial charge on any atom is -0.332 e. The van der Waals surface area contributed by atoms with E-state index in [1.807, 2.05) is 30.3 Å². The van der Waals surface area contributed by atoms with Crippen LogP contribution in [0.4, 0.5) is 4.79 Å². The van der Waals surface area contributed by atoms with Crippen molar-refractivity contribution in [1.82, 2.24) is 9.96 Å².